The molecule has 0 saturated heterocycles. The predicted octanol–water partition coefficient (Wildman–Crippen LogP) is 1.55. The molecule has 5 nitrogen and oxygen atoms in total. The van der Waals surface area contributed by atoms with E-state index < -0.39 is 5.41 Å². The van der Waals surface area contributed by atoms with Gasteiger partial charge in [-0.25, -0.2) is 0 Å². The van der Waals surface area contributed by atoms with E-state index in [1.54, 1.807) is 4.68 Å². The molecule has 2 N–H and O–H groups in total. The minimum Gasteiger partial charge on any atom is -0.395 e. The molecule has 2 aromatic heterocycles. The molecule has 0 aliphatic heterocycles. The molecule has 0 amide bonds. The molecule has 20 heavy (non-hydrogen) atoms. The highest BCUT2D eigenvalue weighted by atomic mass is 16.3. The highest BCUT2D eigenvalue weighted by molar-refractivity contribution is 5.35. The molecule has 0 radical (unpaired) electrons. The Hall–Kier alpha value is -1.59. The number of aliphatic hydroxyl groups is 2. The van der Waals surface area contributed by atoms with Crippen molar-refractivity contribution in [2.24, 2.45) is 0 Å². The molecule has 0 spiro atoms. The van der Waals surface area contributed by atoms with Crippen LogP contribution in [0, 0.1) is 13.8 Å². The molecule has 2 heterocycles. The number of hydrogen-bond acceptors (Lipinski definition) is 3. The summed E-state index contributed by atoms with van der Waals surface area (Å²) in [4.78, 5) is 0. The molecular formula is C15H23N3O2. The Kier molecular flexibility index (Phi) is 4.01. The van der Waals surface area contributed by atoms with Crippen molar-refractivity contribution in [3.05, 3.63) is 35.3 Å². The van der Waals surface area contributed by atoms with Crippen molar-refractivity contribution in [2.75, 3.05) is 13.2 Å². The van der Waals surface area contributed by atoms with Gasteiger partial charge in [0.25, 0.3) is 0 Å². The van der Waals surface area contributed by atoms with Crippen LogP contribution >= 0.6 is 0 Å². The number of aliphatic hydroxyl groups excluding tert-OH is 2. The quantitative estimate of drug-likeness (QED) is 0.871. The molecule has 0 atom stereocenters. The number of nitrogens with zero attached hydrogens (tertiary/aromatic N) is 3. The first-order chi connectivity index (χ1) is 9.40. The highest BCUT2D eigenvalue weighted by Gasteiger charge is 2.26. The molecular weight excluding hydrogens is 254 g/mol. The third kappa shape index (κ3) is 2.51. The predicted molar refractivity (Wildman–Crippen MR) is 78.2 cm³/mol. The topological polar surface area (TPSA) is 63.2 Å². The Bertz CT molecular complexity index is 577. The SMILES string of the molecule is Cc1ccc(C)n1-c1cc(C(C)(C)CO)n(CCO)n1. The van der Waals surface area contributed by atoms with Crippen LogP contribution in [-0.4, -0.2) is 37.8 Å². The van der Waals surface area contributed by atoms with E-state index in [0.717, 1.165) is 22.9 Å². The summed E-state index contributed by atoms with van der Waals surface area (Å²) in [5.74, 6) is 0.829. The summed E-state index contributed by atoms with van der Waals surface area (Å²) < 4.78 is 3.86. The highest BCUT2D eigenvalue weighted by Crippen LogP contribution is 2.26. The second-order valence-electron chi connectivity index (χ2n) is 5.83. The largest absolute Gasteiger partial charge is 0.395 e. The van der Waals surface area contributed by atoms with Gasteiger partial charge in [-0.1, -0.05) is 13.8 Å². The minimum atomic E-state index is -0.393. The maximum atomic E-state index is 9.58. The zero-order chi connectivity index (χ0) is 14.9. The average molecular weight is 277 g/mol. The van der Waals surface area contributed by atoms with E-state index in [9.17, 15) is 10.2 Å². The molecule has 5 heteroatoms. The Balaban J connectivity index is 2.55. The zero-order valence-electron chi connectivity index (χ0n) is 12.6. The number of hydrogen-bond donors (Lipinski definition) is 2. The average Bonchev–Trinajstić information content (AvgIpc) is 2.94. The van der Waals surface area contributed by atoms with Gasteiger partial charge in [0.05, 0.1) is 19.8 Å². The van der Waals surface area contributed by atoms with E-state index in [0.29, 0.717) is 6.54 Å². The third-order valence-corrected chi connectivity index (χ3v) is 3.67. The van der Waals surface area contributed by atoms with E-state index in [4.69, 9.17) is 0 Å². The summed E-state index contributed by atoms with van der Waals surface area (Å²) in [6.45, 7) is 8.50. The lowest BCUT2D eigenvalue weighted by Gasteiger charge is -2.22. The van der Waals surface area contributed by atoms with E-state index in [1.165, 1.54) is 0 Å². The van der Waals surface area contributed by atoms with Crippen LogP contribution < -0.4 is 0 Å². The van der Waals surface area contributed by atoms with E-state index in [-0.39, 0.29) is 13.2 Å². The zero-order valence-corrected chi connectivity index (χ0v) is 12.6. The second-order valence-corrected chi connectivity index (χ2v) is 5.83. The molecule has 2 rings (SSSR count). The van der Waals surface area contributed by atoms with E-state index in [1.807, 2.05) is 33.8 Å². The summed E-state index contributed by atoms with van der Waals surface area (Å²) in [6.07, 6.45) is 0. The van der Waals surface area contributed by atoms with Gasteiger partial charge in [-0.15, -0.1) is 0 Å². The Morgan fingerprint density at radius 1 is 1.15 bits per heavy atom. The molecule has 0 fully saturated rings. The van der Waals surface area contributed by atoms with Gasteiger partial charge in [-0.2, -0.15) is 5.10 Å². The summed E-state index contributed by atoms with van der Waals surface area (Å²) in [6, 6.07) is 6.10. The maximum Gasteiger partial charge on any atom is 0.159 e. The Morgan fingerprint density at radius 2 is 1.75 bits per heavy atom. The minimum absolute atomic E-state index is 0.0271. The van der Waals surface area contributed by atoms with Crippen molar-refractivity contribution in [3.8, 4) is 5.82 Å². The Labute approximate surface area is 119 Å². The lowest BCUT2D eigenvalue weighted by atomic mass is 9.90. The van der Waals surface area contributed by atoms with Gasteiger partial charge in [0.1, 0.15) is 0 Å². The van der Waals surface area contributed by atoms with Gasteiger partial charge in [-0.3, -0.25) is 4.68 Å². The summed E-state index contributed by atoms with van der Waals surface area (Å²) in [5.41, 5.74) is 2.76. The fourth-order valence-electron chi connectivity index (χ4n) is 2.43. The molecule has 0 aliphatic carbocycles. The number of aromatic nitrogens is 3. The lowest BCUT2D eigenvalue weighted by Crippen LogP contribution is -2.26. The van der Waals surface area contributed by atoms with Crippen LogP contribution in [0.15, 0.2) is 18.2 Å². The monoisotopic (exact) mass is 277 g/mol. The summed E-state index contributed by atoms with van der Waals surface area (Å²) in [7, 11) is 0. The van der Waals surface area contributed by atoms with Gasteiger partial charge in [-0.05, 0) is 26.0 Å². The maximum absolute atomic E-state index is 9.58. The first-order valence-electron chi connectivity index (χ1n) is 6.86. The van der Waals surface area contributed by atoms with Crippen LogP contribution in [0.4, 0.5) is 0 Å². The normalized spacial score (nSPS) is 12.1. The molecule has 0 bridgehead atoms. The van der Waals surface area contributed by atoms with Crippen molar-refractivity contribution in [3.63, 3.8) is 0 Å². The Morgan fingerprint density at radius 3 is 2.25 bits per heavy atom. The van der Waals surface area contributed by atoms with Gasteiger partial charge in [0.15, 0.2) is 5.82 Å². The van der Waals surface area contributed by atoms with Gasteiger partial charge in [0, 0.05) is 28.6 Å². The van der Waals surface area contributed by atoms with Crippen molar-refractivity contribution >= 4 is 0 Å². The van der Waals surface area contributed by atoms with Crippen LogP contribution in [0.25, 0.3) is 5.82 Å². The van der Waals surface area contributed by atoms with E-state index >= 15 is 0 Å². The van der Waals surface area contributed by atoms with Crippen LogP contribution in [0.5, 0.6) is 0 Å². The van der Waals surface area contributed by atoms with Crippen molar-refractivity contribution < 1.29 is 10.2 Å². The lowest BCUT2D eigenvalue weighted by molar-refractivity contribution is 0.204. The standard InChI is InChI=1S/C15H23N3O2/c1-11-5-6-12(2)18(11)14-9-13(15(3,4)10-20)17(16-14)7-8-19/h5-6,9,19-20H,7-8,10H2,1-4H3. The molecule has 0 saturated carbocycles. The van der Waals surface area contributed by atoms with Crippen LogP contribution in [0.2, 0.25) is 0 Å². The second kappa shape index (κ2) is 5.42. The van der Waals surface area contributed by atoms with Gasteiger partial charge in [0.2, 0.25) is 0 Å². The van der Waals surface area contributed by atoms with Crippen LogP contribution in [0.1, 0.15) is 30.9 Å². The van der Waals surface area contributed by atoms with Crippen molar-refractivity contribution in [1.29, 1.82) is 0 Å². The van der Waals surface area contributed by atoms with Crippen LogP contribution in [0.3, 0.4) is 0 Å². The first kappa shape index (κ1) is 14.8. The smallest absolute Gasteiger partial charge is 0.159 e. The summed E-state index contributed by atoms with van der Waals surface area (Å²) >= 11 is 0. The molecule has 110 valence electrons. The fourth-order valence-corrected chi connectivity index (χ4v) is 2.43. The number of aryl methyl sites for hydroxylation is 2. The van der Waals surface area contributed by atoms with Gasteiger partial charge < -0.3 is 14.8 Å². The summed E-state index contributed by atoms with van der Waals surface area (Å²) in [5, 5.41) is 23.4. The van der Waals surface area contributed by atoms with E-state index in [2.05, 4.69) is 21.8 Å². The van der Waals surface area contributed by atoms with Gasteiger partial charge >= 0.3 is 0 Å². The van der Waals surface area contributed by atoms with Crippen molar-refractivity contribution in [1.82, 2.24) is 14.3 Å². The third-order valence-electron chi connectivity index (χ3n) is 3.67. The fraction of sp³-hybridized carbons (Fsp3) is 0.533. The molecule has 0 aliphatic rings. The molecule has 0 unspecified atom stereocenters. The van der Waals surface area contributed by atoms with Crippen molar-refractivity contribution in [2.45, 2.75) is 39.7 Å². The first-order valence-corrected chi connectivity index (χ1v) is 6.86. The van der Waals surface area contributed by atoms with Crippen LogP contribution in [-0.2, 0) is 12.0 Å². The molecule has 2 aromatic rings. The number of rotatable bonds is 5. The molecule has 0 aromatic carbocycles.